The van der Waals surface area contributed by atoms with E-state index in [0.717, 1.165) is 38.3 Å². The Morgan fingerprint density at radius 2 is 1.93 bits per heavy atom. The summed E-state index contributed by atoms with van der Waals surface area (Å²) < 4.78 is 2.05. The monoisotopic (exact) mass is 429 g/mol. The Bertz CT molecular complexity index is 1090. The molecule has 152 valence electrons. The lowest BCUT2D eigenvalue weighted by Crippen LogP contribution is -2.47. The van der Waals surface area contributed by atoms with Crippen LogP contribution in [0.1, 0.15) is 18.1 Å². The molecule has 2 aliphatic rings. The Balaban J connectivity index is 1.86. The number of hydrogen-bond donors (Lipinski definition) is 0. The molecule has 2 fully saturated rings. The smallest absolute Gasteiger partial charge is 0.267 e. The van der Waals surface area contributed by atoms with Crippen LogP contribution in [0.5, 0.6) is 0 Å². The average molecular weight is 430 g/mol. The number of aromatic nitrogens is 2. The van der Waals surface area contributed by atoms with E-state index < -0.39 is 0 Å². The molecule has 7 nitrogen and oxygen atoms in total. The van der Waals surface area contributed by atoms with Crippen molar-refractivity contribution in [2.45, 2.75) is 13.8 Å². The molecule has 9 heteroatoms. The Kier molecular flexibility index (Phi) is 5.46. The van der Waals surface area contributed by atoms with Crippen LogP contribution in [0.2, 0.25) is 0 Å². The highest BCUT2D eigenvalue weighted by Crippen LogP contribution is 2.32. The normalized spacial score (nSPS) is 19.8. The van der Waals surface area contributed by atoms with Gasteiger partial charge in [0, 0.05) is 39.4 Å². The second-order valence-corrected chi connectivity index (χ2v) is 8.93. The van der Waals surface area contributed by atoms with Crippen LogP contribution in [0.15, 0.2) is 28.0 Å². The summed E-state index contributed by atoms with van der Waals surface area (Å²) in [7, 11) is 1.65. The molecule has 2 aromatic heterocycles. The number of thiocarbonyl (C=S) groups is 1. The highest BCUT2D eigenvalue weighted by atomic mass is 32.2. The van der Waals surface area contributed by atoms with E-state index >= 15 is 0 Å². The molecule has 1 amide bonds. The molecule has 0 N–H and O–H groups in total. The summed E-state index contributed by atoms with van der Waals surface area (Å²) in [5.74, 6) is 0.450. The molecule has 0 atom stereocenters. The van der Waals surface area contributed by atoms with Crippen molar-refractivity contribution in [2.75, 3.05) is 44.7 Å². The first-order chi connectivity index (χ1) is 13.9. The highest BCUT2D eigenvalue weighted by molar-refractivity contribution is 8.26. The van der Waals surface area contributed by atoms with Gasteiger partial charge in [-0.2, -0.15) is 0 Å². The van der Waals surface area contributed by atoms with Gasteiger partial charge in [-0.25, -0.2) is 4.98 Å². The van der Waals surface area contributed by atoms with Crippen molar-refractivity contribution in [3.63, 3.8) is 0 Å². The molecule has 0 bridgehead atoms. The van der Waals surface area contributed by atoms with Crippen LogP contribution < -0.4 is 10.5 Å². The third-order valence-corrected chi connectivity index (χ3v) is 6.85. The molecule has 2 aliphatic heterocycles. The summed E-state index contributed by atoms with van der Waals surface area (Å²) >= 11 is 6.46. The lowest BCUT2D eigenvalue weighted by Gasteiger charge is -2.35. The lowest BCUT2D eigenvalue weighted by molar-refractivity contribution is -0.121. The predicted octanol–water partition coefficient (Wildman–Crippen LogP) is 1.98. The van der Waals surface area contributed by atoms with Gasteiger partial charge in [0.2, 0.25) is 0 Å². The first-order valence-electron chi connectivity index (χ1n) is 9.61. The molecular weight excluding hydrogens is 406 g/mol. The maximum atomic E-state index is 13.4. The van der Waals surface area contributed by atoms with Gasteiger partial charge < -0.3 is 9.80 Å². The van der Waals surface area contributed by atoms with Gasteiger partial charge in [0.25, 0.3) is 11.5 Å². The number of rotatable bonds is 3. The molecule has 0 radical (unpaired) electrons. The Morgan fingerprint density at radius 1 is 1.21 bits per heavy atom. The molecule has 0 saturated carbocycles. The number of anilines is 1. The summed E-state index contributed by atoms with van der Waals surface area (Å²) in [5, 5.41) is 0. The summed E-state index contributed by atoms with van der Waals surface area (Å²) in [4.78, 5) is 37.1. The SMILES string of the molecule is CCN1CCN(c2nc3ccc(C)cn3c(=O)c2/C=C2/SC(=S)N(C)C2=O)CC1. The van der Waals surface area contributed by atoms with E-state index in [0.29, 0.717) is 26.3 Å². The van der Waals surface area contributed by atoms with Crippen LogP contribution in [0.3, 0.4) is 0 Å². The Hall–Kier alpha value is -2.23. The zero-order valence-corrected chi connectivity index (χ0v) is 18.3. The van der Waals surface area contributed by atoms with Crippen LogP contribution in [0, 0.1) is 6.92 Å². The van der Waals surface area contributed by atoms with E-state index in [1.807, 2.05) is 19.1 Å². The number of nitrogens with zero attached hydrogens (tertiary/aromatic N) is 5. The van der Waals surface area contributed by atoms with Crippen molar-refractivity contribution >= 4 is 51.7 Å². The fourth-order valence-electron chi connectivity index (χ4n) is 3.57. The summed E-state index contributed by atoms with van der Waals surface area (Å²) in [6, 6.07) is 3.81. The molecule has 0 aromatic carbocycles. The predicted molar refractivity (Wildman–Crippen MR) is 121 cm³/mol. The zero-order chi connectivity index (χ0) is 20.7. The average Bonchev–Trinajstić information content (AvgIpc) is 2.97. The summed E-state index contributed by atoms with van der Waals surface area (Å²) in [6.45, 7) is 8.51. The van der Waals surface area contributed by atoms with E-state index in [9.17, 15) is 9.59 Å². The molecular formula is C20H23N5O2S2. The van der Waals surface area contributed by atoms with Crippen molar-refractivity contribution in [1.82, 2.24) is 19.2 Å². The third kappa shape index (κ3) is 3.70. The van der Waals surface area contributed by atoms with E-state index in [-0.39, 0.29) is 11.5 Å². The number of carbonyl (C=O) groups excluding carboxylic acids is 1. The van der Waals surface area contributed by atoms with Crippen molar-refractivity contribution < 1.29 is 4.79 Å². The van der Waals surface area contributed by atoms with Crippen LogP contribution in [0.25, 0.3) is 11.7 Å². The topological polar surface area (TPSA) is 61.2 Å². The third-order valence-electron chi connectivity index (χ3n) is 5.37. The Morgan fingerprint density at radius 3 is 2.55 bits per heavy atom. The van der Waals surface area contributed by atoms with E-state index in [4.69, 9.17) is 17.2 Å². The summed E-state index contributed by atoms with van der Waals surface area (Å²) in [6.07, 6.45) is 3.44. The van der Waals surface area contributed by atoms with Gasteiger partial charge in [-0.15, -0.1) is 0 Å². The summed E-state index contributed by atoms with van der Waals surface area (Å²) in [5.41, 5.74) is 1.84. The number of thioether (sulfide) groups is 1. The molecule has 2 saturated heterocycles. The van der Waals surface area contributed by atoms with Gasteiger partial charge in [-0.3, -0.25) is 18.9 Å². The number of aryl methyl sites for hydroxylation is 1. The second-order valence-electron chi connectivity index (χ2n) is 7.25. The van der Waals surface area contributed by atoms with Crippen LogP contribution in [-0.2, 0) is 4.79 Å². The molecule has 0 unspecified atom stereocenters. The number of hydrogen-bond acceptors (Lipinski definition) is 7. The standard InChI is InChI=1S/C20H23N5O2S2/c1-4-23-7-9-24(10-8-23)17-14(11-15-19(27)22(3)20(28)29-15)18(26)25-12-13(2)5-6-16(25)21-17/h5-6,11-12H,4,7-10H2,1-3H3/b15-11+. The maximum absolute atomic E-state index is 13.4. The number of pyridine rings is 1. The number of piperazine rings is 1. The molecule has 0 spiro atoms. The Labute approximate surface area is 179 Å². The van der Waals surface area contributed by atoms with Gasteiger partial charge in [-0.05, 0) is 31.2 Å². The van der Waals surface area contributed by atoms with Gasteiger partial charge >= 0.3 is 0 Å². The zero-order valence-electron chi connectivity index (χ0n) is 16.7. The van der Waals surface area contributed by atoms with Crippen LogP contribution in [-0.4, -0.2) is 69.2 Å². The number of amides is 1. The molecule has 0 aliphatic carbocycles. The van der Waals surface area contributed by atoms with Crippen LogP contribution >= 0.6 is 24.0 Å². The van der Waals surface area contributed by atoms with Gasteiger partial charge in [0.05, 0.1) is 10.5 Å². The van der Waals surface area contributed by atoms with Crippen LogP contribution in [0.4, 0.5) is 5.82 Å². The fraction of sp³-hybridized carbons (Fsp3) is 0.400. The largest absolute Gasteiger partial charge is 0.353 e. The highest BCUT2D eigenvalue weighted by Gasteiger charge is 2.30. The lowest BCUT2D eigenvalue weighted by atomic mass is 10.2. The molecule has 2 aromatic rings. The number of fused-ring (bicyclic) bond motifs is 1. The molecule has 4 rings (SSSR count). The fourth-order valence-corrected chi connectivity index (χ4v) is 4.73. The van der Waals surface area contributed by atoms with E-state index in [2.05, 4.69) is 16.7 Å². The van der Waals surface area contributed by atoms with Gasteiger partial charge in [0.15, 0.2) is 0 Å². The maximum Gasteiger partial charge on any atom is 0.267 e. The van der Waals surface area contributed by atoms with Crippen molar-refractivity contribution in [3.8, 4) is 0 Å². The second kappa shape index (κ2) is 7.89. The van der Waals surface area contributed by atoms with E-state index in [1.165, 1.54) is 16.7 Å². The number of likely N-dealkylation sites (N-methyl/N-ethyl adjacent to an activating group) is 2. The first kappa shape index (κ1) is 20.1. The minimum absolute atomic E-state index is 0.173. The van der Waals surface area contributed by atoms with Crippen molar-refractivity contribution in [3.05, 3.63) is 44.7 Å². The van der Waals surface area contributed by atoms with Gasteiger partial charge in [-0.1, -0.05) is 37.0 Å². The van der Waals surface area contributed by atoms with E-state index in [1.54, 1.807) is 23.7 Å². The van der Waals surface area contributed by atoms with Crippen molar-refractivity contribution in [2.24, 2.45) is 0 Å². The minimum atomic E-state index is -0.185. The first-order valence-corrected chi connectivity index (χ1v) is 10.8. The minimum Gasteiger partial charge on any atom is -0.353 e. The number of carbonyl (C=O) groups is 1. The molecule has 4 heterocycles. The molecule has 29 heavy (non-hydrogen) atoms. The van der Waals surface area contributed by atoms with Gasteiger partial charge in [0.1, 0.15) is 15.8 Å². The van der Waals surface area contributed by atoms with Crippen molar-refractivity contribution in [1.29, 1.82) is 0 Å². The quantitative estimate of drug-likeness (QED) is 0.546.